The molecule has 3 heterocycles. The van der Waals surface area contributed by atoms with Crippen molar-refractivity contribution in [1.82, 2.24) is 14.9 Å². The van der Waals surface area contributed by atoms with E-state index in [9.17, 15) is 13.2 Å². The number of thiophene rings is 1. The van der Waals surface area contributed by atoms with E-state index in [1.165, 1.54) is 11.9 Å². The van der Waals surface area contributed by atoms with Crippen LogP contribution in [0.2, 0.25) is 0 Å². The molecule has 0 aliphatic carbocycles. The topological polar surface area (TPSA) is 41.0 Å². The molecule has 4 nitrogen and oxygen atoms in total. The summed E-state index contributed by atoms with van der Waals surface area (Å²) in [5.41, 5.74) is 1.33. The zero-order chi connectivity index (χ0) is 20.9. The van der Waals surface area contributed by atoms with E-state index < -0.39 is 12.6 Å². The van der Waals surface area contributed by atoms with Crippen LogP contribution in [0, 0.1) is 0 Å². The van der Waals surface area contributed by atoms with Crippen molar-refractivity contribution < 1.29 is 13.2 Å². The van der Waals surface area contributed by atoms with Crippen LogP contribution >= 0.6 is 11.3 Å². The second kappa shape index (κ2) is 9.71. The summed E-state index contributed by atoms with van der Waals surface area (Å²) in [7, 11) is 0. The van der Waals surface area contributed by atoms with E-state index >= 15 is 0 Å². The average Bonchev–Trinajstić information content (AvgIpc) is 3.08. The quantitative estimate of drug-likeness (QED) is 0.589. The molecule has 1 N–H and O–H groups in total. The van der Waals surface area contributed by atoms with Gasteiger partial charge in [0.1, 0.15) is 17.0 Å². The summed E-state index contributed by atoms with van der Waals surface area (Å²) in [6, 6.07) is 1.83. The molecule has 158 valence electrons. The van der Waals surface area contributed by atoms with E-state index in [0.717, 1.165) is 50.2 Å². The number of alkyl halides is 3. The van der Waals surface area contributed by atoms with Crippen molar-refractivity contribution in [1.29, 1.82) is 0 Å². The van der Waals surface area contributed by atoms with Crippen LogP contribution in [0.4, 0.5) is 19.0 Å². The lowest BCUT2D eigenvalue weighted by atomic mass is 10.0. The molecule has 0 unspecified atom stereocenters. The number of aromatic nitrogens is 2. The molecule has 1 aliphatic heterocycles. The van der Waals surface area contributed by atoms with Crippen LogP contribution in [-0.4, -0.2) is 46.7 Å². The molecule has 2 aromatic heterocycles. The minimum atomic E-state index is -4.22. The van der Waals surface area contributed by atoms with Gasteiger partial charge in [-0.25, -0.2) is 9.97 Å². The molecule has 0 spiro atoms. The van der Waals surface area contributed by atoms with Crippen molar-refractivity contribution in [3.05, 3.63) is 41.1 Å². The highest BCUT2D eigenvalue weighted by Crippen LogP contribution is 2.33. The van der Waals surface area contributed by atoms with Gasteiger partial charge in [0, 0.05) is 30.6 Å². The van der Waals surface area contributed by atoms with E-state index in [4.69, 9.17) is 0 Å². The van der Waals surface area contributed by atoms with Crippen molar-refractivity contribution in [3.63, 3.8) is 0 Å². The summed E-state index contributed by atoms with van der Waals surface area (Å²) < 4.78 is 38.1. The van der Waals surface area contributed by atoms with Crippen molar-refractivity contribution in [2.24, 2.45) is 0 Å². The molecule has 0 saturated carbocycles. The third kappa shape index (κ3) is 6.27. The fourth-order valence-electron chi connectivity index (χ4n) is 3.50. The predicted octanol–water partition coefficient (Wildman–Crippen LogP) is 5.58. The highest BCUT2D eigenvalue weighted by Gasteiger charge is 2.29. The van der Waals surface area contributed by atoms with Crippen molar-refractivity contribution in [3.8, 4) is 0 Å². The molecule has 1 fully saturated rings. The first kappa shape index (κ1) is 21.8. The third-order valence-electron chi connectivity index (χ3n) is 5.03. The van der Waals surface area contributed by atoms with Gasteiger partial charge in [-0.15, -0.1) is 11.3 Å². The number of hydrogen-bond donors (Lipinski definition) is 1. The highest BCUT2D eigenvalue weighted by atomic mass is 32.1. The van der Waals surface area contributed by atoms with Gasteiger partial charge in [0.2, 0.25) is 0 Å². The Kier molecular flexibility index (Phi) is 7.29. The maximum Gasteiger partial charge on any atom is 0.393 e. The summed E-state index contributed by atoms with van der Waals surface area (Å²) in [6.45, 7) is 7.10. The van der Waals surface area contributed by atoms with Crippen molar-refractivity contribution in [2.45, 2.75) is 51.7 Å². The Labute approximate surface area is 173 Å². The molecular weight excluding hydrogens is 397 g/mol. The second-order valence-electron chi connectivity index (χ2n) is 7.31. The Balaban J connectivity index is 1.60. The summed E-state index contributed by atoms with van der Waals surface area (Å²) in [5.74, 6) is 0.637. The normalized spacial score (nSPS) is 17.5. The van der Waals surface area contributed by atoms with Gasteiger partial charge in [-0.3, -0.25) is 4.90 Å². The van der Waals surface area contributed by atoms with Gasteiger partial charge in [0.05, 0.1) is 11.8 Å². The van der Waals surface area contributed by atoms with Crippen LogP contribution in [0.3, 0.4) is 0 Å². The SMILES string of the molecule is C/C=C(\C=C/CC)CN1CCC(Nc2ncnc3sc(CC(F)(F)F)cc23)CC1. The number of likely N-dealkylation sites (tertiary alicyclic amines) is 1. The standard InChI is InChI=1S/C21H27F3N4S/c1-3-5-6-15(4-2)13-28-9-7-16(8-10-28)27-19-18-11-17(12-21(22,23)24)29-20(18)26-14-25-19/h4-6,11,14,16H,3,7-10,12-13H2,1-2H3,(H,25,26,27)/b6-5-,15-4+. The smallest absolute Gasteiger partial charge is 0.367 e. The van der Waals surface area contributed by atoms with Gasteiger partial charge in [-0.05, 0) is 37.8 Å². The summed E-state index contributed by atoms with van der Waals surface area (Å²) in [4.78, 5) is 11.7. The molecule has 0 radical (unpaired) electrons. The molecule has 1 aliphatic rings. The Morgan fingerprint density at radius 2 is 2.07 bits per heavy atom. The fraction of sp³-hybridized carbons (Fsp3) is 0.524. The number of rotatable bonds is 7. The maximum atomic E-state index is 12.7. The molecule has 0 bridgehead atoms. The van der Waals surface area contributed by atoms with Crippen LogP contribution in [0.5, 0.6) is 0 Å². The first-order valence-corrected chi connectivity index (χ1v) is 10.8. The molecule has 1 saturated heterocycles. The van der Waals surface area contributed by atoms with E-state index in [1.807, 2.05) is 0 Å². The Morgan fingerprint density at radius 1 is 1.31 bits per heavy atom. The second-order valence-corrected chi connectivity index (χ2v) is 8.43. The van der Waals surface area contributed by atoms with Gasteiger partial charge in [0.15, 0.2) is 0 Å². The molecule has 8 heteroatoms. The van der Waals surface area contributed by atoms with Crippen LogP contribution in [-0.2, 0) is 6.42 Å². The Morgan fingerprint density at radius 3 is 2.72 bits per heavy atom. The van der Waals surface area contributed by atoms with Gasteiger partial charge in [-0.1, -0.05) is 25.2 Å². The van der Waals surface area contributed by atoms with Gasteiger partial charge >= 0.3 is 6.18 Å². The predicted molar refractivity (Wildman–Crippen MR) is 113 cm³/mol. The van der Waals surface area contributed by atoms with Crippen LogP contribution < -0.4 is 5.32 Å². The third-order valence-corrected chi connectivity index (χ3v) is 6.07. The monoisotopic (exact) mass is 424 g/mol. The van der Waals surface area contributed by atoms with E-state index in [0.29, 0.717) is 16.0 Å². The Hall–Kier alpha value is -1.93. The summed E-state index contributed by atoms with van der Waals surface area (Å²) in [5, 5.41) is 4.12. The number of fused-ring (bicyclic) bond motifs is 1. The summed E-state index contributed by atoms with van der Waals surface area (Å²) >= 11 is 1.08. The first-order valence-electron chi connectivity index (χ1n) is 9.98. The van der Waals surface area contributed by atoms with E-state index in [2.05, 4.69) is 52.3 Å². The van der Waals surface area contributed by atoms with Gasteiger partial charge in [0.25, 0.3) is 0 Å². The zero-order valence-corrected chi connectivity index (χ0v) is 17.6. The number of hydrogen-bond acceptors (Lipinski definition) is 5. The summed E-state index contributed by atoms with van der Waals surface area (Å²) in [6.07, 6.45) is 5.78. The molecular formula is C21H27F3N4S. The first-order chi connectivity index (χ1) is 13.9. The van der Waals surface area contributed by atoms with Crippen molar-refractivity contribution in [2.75, 3.05) is 25.0 Å². The maximum absolute atomic E-state index is 12.7. The lowest BCUT2D eigenvalue weighted by Gasteiger charge is -2.33. The number of nitrogens with zero attached hydrogens (tertiary/aromatic N) is 3. The largest absolute Gasteiger partial charge is 0.393 e. The lowest BCUT2D eigenvalue weighted by molar-refractivity contribution is -0.126. The van der Waals surface area contributed by atoms with Crippen LogP contribution in [0.15, 0.2) is 36.2 Å². The minimum absolute atomic E-state index is 0.260. The number of halogens is 3. The molecule has 0 aromatic carbocycles. The van der Waals surface area contributed by atoms with Gasteiger partial charge < -0.3 is 5.32 Å². The lowest BCUT2D eigenvalue weighted by Crippen LogP contribution is -2.40. The number of anilines is 1. The molecule has 0 atom stereocenters. The molecule has 2 aromatic rings. The molecule has 3 rings (SSSR count). The molecule has 0 amide bonds. The minimum Gasteiger partial charge on any atom is -0.367 e. The zero-order valence-electron chi connectivity index (χ0n) is 16.8. The number of allylic oxidation sites excluding steroid dienone is 2. The van der Waals surface area contributed by atoms with Crippen molar-refractivity contribution >= 4 is 27.4 Å². The highest BCUT2D eigenvalue weighted by molar-refractivity contribution is 7.18. The van der Waals surface area contributed by atoms with Crippen LogP contribution in [0.25, 0.3) is 10.2 Å². The van der Waals surface area contributed by atoms with E-state index in [1.54, 1.807) is 6.07 Å². The Bertz CT molecular complexity index is 864. The van der Waals surface area contributed by atoms with Gasteiger partial charge in [-0.2, -0.15) is 13.2 Å². The van der Waals surface area contributed by atoms with Crippen LogP contribution in [0.1, 0.15) is 38.0 Å². The number of piperidine rings is 1. The molecule has 29 heavy (non-hydrogen) atoms. The fourth-order valence-corrected chi connectivity index (χ4v) is 4.53. The average molecular weight is 425 g/mol. The van der Waals surface area contributed by atoms with E-state index in [-0.39, 0.29) is 10.9 Å². The number of nitrogens with one attached hydrogen (secondary N) is 1.